The van der Waals surface area contributed by atoms with E-state index in [9.17, 15) is 0 Å². The van der Waals surface area contributed by atoms with Crippen molar-refractivity contribution in [1.29, 1.82) is 0 Å². The highest BCUT2D eigenvalue weighted by Crippen LogP contribution is 2.23. The number of anilines is 1. The Hall–Kier alpha value is -1.91. The fraction of sp³-hybridized carbons (Fsp3) is 0.562. The van der Waals surface area contributed by atoms with E-state index in [1.807, 2.05) is 24.7 Å². The van der Waals surface area contributed by atoms with Crippen LogP contribution < -0.4 is 4.90 Å². The van der Waals surface area contributed by atoms with Crippen molar-refractivity contribution in [3.05, 3.63) is 29.8 Å². The standard InChI is InChI=1S/C16H23N5/c1-4-14-6-5-7-20(11-14)15-9-17-10-16(18-15)21-13(3)8-12(2)19-21/h8-10,14H,4-7,11H2,1-3H3. The van der Waals surface area contributed by atoms with Gasteiger partial charge in [-0.3, -0.25) is 4.98 Å². The van der Waals surface area contributed by atoms with Gasteiger partial charge in [-0.2, -0.15) is 5.10 Å². The van der Waals surface area contributed by atoms with E-state index in [2.05, 4.69) is 28.0 Å². The molecule has 0 aromatic carbocycles. The van der Waals surface area contributed by atoms with Gasteiger partial charge in [0.15, 0.2) is 5.82 Å². The van der Waals surface area contributed by atoms with Crippen LogP contribution in [0.15, 0.2) is 18.5 Å². The molecule has 21 heavy (non-hydrogen) atoms. The van der Waals surface area contributed by atoms with Crippen LogP contribution in [0.4, 0.5) is 5.82 Å². The number of nitrogens with zero attached hydrogens (tertiary/aromatic N) is 5. The van der Waals surface area contributed by atoms with Gasteiger partial charge in [0.1, 0.15) is 5.82 Å². The summed E-state index contributed by atoms with van der Waals surface area (Å²) in [4.78, 5) is 11.5. The van der Waals surface area contributed by atoms with E-state index in [0.29, 0.717) is 0 Å². The molecule has 5 heteroatoms. The molecule has 3 rings (SSSR count). The number of hydrogen-bond acceptors (Lipinski definition) is 4. The van der Waals surface area contributed by atoms with Crippen LogP contribution >= 0.6 is 0 Å². The molecule has 1 unspecified atom stereocenters. The van der Waals surface area contributed by atoms with Crippen molar-refractivity contribution in [1.82, 2.24) is 19.7 Å². The van der Waals surface area contributed by atoms with Crippen LogP contribution in [0.1, 0.15) is 37.6 Å². The molecule has 2 aromatic rings. The lowest BCUT2D eigenvalue weighted by Gasteiger charge is -2.33. The van der Waals surface area contributed by atoms with Gasteiger partial charge in [0, 0.05) is 18.8 Å². The SMILES string of the molecule is CCC1CCCN(c2cncc(-n3nc(C)cc3C)n2)C1. The molecule has 0 aliphatic carbocycles. The van der Waals surface area contributed by atoms with Crippen LogP contribution in [0, 0.1) is 19.8 Å². The monoisotopic (exact) mass is 285 g/mol. The molecule has 1 aliphatic heterocycles. The van der Waals surface area contributed by atoms with Crippen LogP contribution in [-0.4, -0.2) is 32.8 Å². The van der Waals surface area contributed by atoms with Gasteiger partial charge in [-0.05, 0) is 38.7 Å². The van der Waals surface area contributed by atoms with Gasteiger partial charge in [0.2, 0.25) is 0 Å². The number of hydrogen-bond donors (Lipinski definition) is 0. The summed E-state index contributed by atoms with van der Waals surface area (Å²) in [6, 6.07) is 2.06. The molecule has 112 valence electrons. The average Bonchev–Trinajstić information content (AvgIpc) is 2.86. The quantitative estimate of drug-likeness (QED) is 0.870. The summed E-state index contributed by atoms with van der Waals surface area (Å²) in [6.45, 7) is 8.48. The Balaban J connectivity index is 1.88. The smallest absolute Gasteiger partial charge is 0.174 e. The Morgan fingerprint density at radius 3 is 2.76 bits per heavy atom. The molecule has 1 aliphatic rings. The van der Waals surface area contributed by atoms with Crippen molar-refractivity contribution in [2.75, 3.05) is 18.0 Å². The molecular formula is C16H23N5. The van der Waals surface area contributed by atoms with Crippen LogP contribution in [0.2, 0.25) is 0 Å². The molecule has 0 bridgehead atoms. The topological polar surface area (TPSA) is 46.8 Å². The zero-order chi connectivity index (χ0) is 14.8. The first-order valence-corrected chi connectivity index (χ1v) is 7.78. The first kappa shape index (κ1) is 14.0. The fourth-order valence-corrected chi connectivity index (χ4v) is 3.07. The number of rotatable bonds is 3. The van der Waals surface area contributed by atoms with E-state index in [4.69, 9.17) is 4.98 Å². The van der Waals surface area contributed by atoms with Gasteiger partial charge in [0.25, 0.3) is 0 Å². The molecule has 1 fully saturated rings. The minimum Gasteiger partial charge on any atom is -0.355 e. The Labute approximate surface area is 126 Å². The Morgan fingerprint density at radius 1 is 1.24 bits per heavy atom. The molecule has 0 spiro atoms. The third kappa shape index (κ3) is 2.91. The summed E-state index contributed by atoms with van der Waals surface area (Å²) in [7, 11) is 0. The van der Waals surface area contributed by atoms with Crippen molar-refractivity contribution in [2.24, 2.45) is 5.92 Å². The molecule has 0 amide bonds. The maximum absolute atomic E-state index is 4.77. The van der Waals surface area contributed by atoms with Crippen molar-refractivity contribution in [3.63, 3.8) is 0 Å². The van der Waals surface area contributed by atoms with Crippen LogP contribution in [-0.2, 0) is 0 Å². The molecule has 0 N–H and O–H groups in total. The minimum absolute atomic E-state index is 0.776. The summed E-state index contributed by atoms with van der Waals surface area (Å²) in [5.74, 6) is 2.55. The molecular weight excluding hydrogens is 262 g/mol. The Bertz CT molecular complexity index is 619. The highest BCUT2D eigenvalue weighted by molar-refractivity contribution is 5.40. The zero-order valence-electron chi connectivity index (χ0n) is 13.1. The Morgan fingerprint density at radius 2 is 2.05 bits per heavy atom. The van der Waals surface area contributed by atoms with Crippen molar-refractivity contribution in [3.8, 4) is 5.82 Å². The molecule has 3 heterocycles. The normalized spacial score (nSPS) is 19.0. The molecule has 2 aromatic heterocycles. The largest absolute Gasteiger partial charge is 0.355 e. The third-order valence-electron chi connectivity index (χ3n) is 4.26. The number of piperidine rings is 1. The van der Waals surface area contributed by atoms with Gasteiger partial charge in [-0.15, -0.1) is 0 Å². The zero-order valence-corrected chi connectivity index (χ0v) is 13.1. The maximum atomic E-state index is 4.77. The number of aromatic nitrogens is 4. The number of aryl methyl sites for hydroxylation is 2. The minimum atomic E-state index is 0.776. The van der Waals surface area contributed by atoms with Gasteiger partial charge in [-0.1, -0.05) is 13.3 Å². The van der Waals surface area contributed by atoms with E-state index in [1.165, 1.54) is 19.3 Å². The van der Waals surface area contributed by atoms with E-state index in [0.717, 1.165) is 42.0 Å². The lowest BCUT2D eigenvalue weighted by Crippen LogP contribution is -2.35. The first-order valence-electron chi connectivity index (χ1n) is 7.78. The first-order chi connectivity index (χ1) is 10.2. The van der Waals surface area contributed by atoms with Gasteiger partial charge in [-0.25, -0.2) is 9.67 Å². The van der Waals surface area contributed by atoms with Gasteiger partial charge >= 0.3 is 0 Å². The summed E-state index contributed by atoms with van der Waals surface area (Å²) in [5, 5.41) is 4.49. The fourth-order valence-electron chi connectivity index (χ4n) is 3.07. The summed E-state index contributed by atoms with van der Waals surface area (Å²) < 4.78 is 1.87. The summed E-state index contributed by atoms with van der Waals surface area (Å²) in [5.41, 5.74) is 2.09. The second kappa shape index (κ2) is 5.84. The molecule has 5 nitrogen and oxygen atoms in total. The molecule has 1 saturated heterocycles. The van der Waals surface area contributed by atoms with Crippen molar-refractivity contribution < 1.29 is 0 Å². The predicted octanol–water partition coefficient (Wildman–Crippen LogP) is 2.91. The van der Waals surface area contributed by atoms with E-state index < -0.39 is 0 Å². The predicted molar refractivity (Wildman–Crippen MR) is 83.9 cm³/mol. The van der Waals surface area contributed by atoms with Crippen LogP contribution in [0.25, 0.3) is 5.82 Å². The summed E-state index contributed by atoms with van der Waals surface area (Å²) in [6.07, 6.45) is 7.46. The van der Waals surface area contributed by atoms with E-state index in [1.54, 1.807) is 6.20 Å². The van der Waals surface area contributed by atoms with Crippen LogP contribution in [0.5, 0.6) is 0 Å². The van der Waals surface area contributed by atoms with E-state index >= 15 is 0 Å². The van der Waals surface area contributed by atoms with Crippen molar-refractivity contribution >= 4 is 5.82 Å². The lowest BCUT2D eigenvalue weighted by atomic mass is 9.96. The Kier molecular flexibility index (Phi) is 3.90. The third-order valence-corrected chi connectivity index (χ3v) is 4.26. The molecule has 1 atom stereocenters. The second-order valence-electron chi connectivity index (χ2n) is 5.94. The lowest BCUT2D eigenvalue weighted by molar-refractivity contribution is 0.402. The van der Waals surface area contributed by atoms with Gasteiger partial charge in [0.05, 0.1) is 18.1 Å². The van der Waals surface area contributed by atoms with Gasteiger partial charge < -0.3 is 4.90 Å². The van der Waals surface area contributed by atoms with E-state index in [-0.39, 0.29) is 0 Å². The van der Waals surface area contributed by atoms with Crippen molar-refractivity contribution in [2.45, 2.75) is 40.0 Å². The molecule has 0 radical (unpaired) electrons. The highest BCUT2D eigenvalue weighted by atomic mass is 15.3. The molecule has 0 saturated carbocycles. The highest BCUT2D eigenvalue weighted by Gasteiger charge is 2.20. The maximum Gasteiger partial charge on any atom is 0.174 e. The van der Waals surface area contributed by atoms with Crippen LogP contribution in [0.3, 0.4) is 0 Å². The second-order valence-corrected chi connectivity index (χ2v) is 5.94. The summed E-state index contributed by atoms with van der Waals surface area (Å²) >= 11 is 0. The average molecular weight is 285 g/mol.